The monoisotopic (exact) mass is 273 g/mol. The van der Waals surface area contributed by atoms with E-state index in [4.69, 9.17) is 10.3 Å². The predicted molar refractivity (Wildman–Crippen MR) is 71.6 cm³/mol. The number of nitrogens with two attached hydrogens (primary N) is 1. The topological polar surface area (TPSA) is 90.7 Å². The molecular formula is C12H11N5OS. The Morgan fingerprint density at radius 1 is 1.37 bits per heavy atom. The number of aryl methyl sites for hydroxylation is 1. The van der Waals surface area contributed by atoms with E-state index in [1.54, 1.807) is 12.4 Å². The Morgan fingerprint density at radius 3 is 2.95 bits per heavy atom. The number of hydrogen-bond acceptors (Lipinski definition) is 7. The third-order valence-electron chi connectivity index (χ3n) is 2.56. The Kier molecular flexibility index (Phi) is 2.96. The van der Waals surface area contributed by atoms with Crippen LogP contribution in [0.25, 0.3) is 10.8 Å². The summed E-state index contributed by atoms with van der Waals surface area (Å²) in [4.78, 5) is 13.4. The molecule has 3 rings (SSSR count). The van der Waals surface area contributed by atoms with Gasteiger partial charge in [0.1, 0.15) is 4.88 Å². The summed E-state index contributed by atoms with van der Waals surface area (Å²) < 4.78 is 5.25. The molecule has 3 heterocycles. The van der Waals surface area contributed by atoms with Gasteiger partial charge in [0.25, 0.3) is 5.89 Å². The molecule has 0 saturated heterocycles. The number of pyridine rings is 1. The van der Waals surface area contributed by atoms with Gasteiger partial charge in [-0.1, -0.05) is 22.6 Å². The molecule has 0 radical (unpaired) electrons. The zero-order valence-electron chi connectivity index (χ0n) is 10.2. The van der Waals surface area contributed by atoms with Gasteiger partial charge in [0.15, 0.2) is 11.0 Å². The first-order valence-corrected chi connectivity index (χ1v) is 6.49. The normalized spacial score (nSPS) is 10.8. The van der Waals surface area contributed by atoms with Crippen LogP contribution in [0.1, 0.15) is 17.1 Å². The molecule has 0 saturated carbocycles. The predicted octanol–water partition coefficient (Wildman–Crippen LogP) is 2.07. The van der Waals surface area contributed by atoms with Crippen molar-refractivity contribution >= 4 is 16.5 Å². The average molecular weight is 273 g/mol. The molecule has 0 unspecified atom stereocenters. The SMILES string of the molecule is Cc1nc(N)sc1-c1nc(Cc2cccnc2)no1. The van der Waals surface area contributed by atoms with Gasteiger partial charge in [-0.2, -0.15) is 4.98 Å². The van der Waals surface area contributed by atoms with E-state index in [9.17, 15) is 0 Å². The summed E-state index contributed by atoms with van der Waals surface area (Å²) in [5, 5.41) is 4.46. The third kappa shape index (κ3) is 2.45. The lowest BCUT2D eigenvalue weighted by Gasteiger charge is -1.93. The van der Waals surface area contributed by atoms with Crippen LogP contribution in [-0.2, 0) is 6.42 Å². The van der Waals surface area contributed by atoms with Gasteiger partial charge in [0.05, 0.1) is 5.69 Å². The summed E-state index contributed by atoms with van der Waals surface area (Å²) in [6.07, 6.45) is 4.10. The fraction of sp³-hybridized carbons (Fsp3) is 0.167. The zero-order chi connectivity index (χ0) is 13.2. The van der Waals surface area contributed by atoms with Crippen LogP contribution in [0.15, 0.2) is 29.0 Å². The summed E-state index contributed by atoms with van der Waals surface area (Å²) in [5.41, 5.74) is 7.50. The van der Waals surface area contributed by atoms with Crippen molar-refractivity contribution < 1.29 is 4.52 Å². The molecular weight excluding hydrogens is 262 g/mol. The molecule has 0 aliphatic carbocycles. The van der Waals surface area contributed by atoms with Crippen LogP contribution in [0.5, 0.6) is 0 Å². The molecule has 0 bridgehead atoms. The molecule has 6 nitrogen and oxygen atoms in total. The molecule has 0 aliphatic rings. The first-order chi connectivity index (χ1) is 9.22. The van der Waals surface area contributed by atoms with Gasteiger partial charge in [-0.15, -0.1) is 0 Å². The van der Waals surface area contributed by atoms with Crippen LogP contribution >= 0.6 is 11.3 Å². The zero-order valence-corrected chi connectivity index (χ0v) is 11.0. The summed E-state index contributed by atoms with van der Waals surface area (Å²) >= 11 is 1.35. The Hall–Kier alpha value is -2.28. The molecule has 0 atom stereocenters. The smallest absolute Gasteiger partial charge is 0.270 e. The van der Waals surface area contributed by atoms with E-state index in [2.05, 4.69) is 20.1 Å². The van der Waals surface area contributed by atoms with Gasteiger partial charge in [-0.05, 0) is 18.6 Å². The second-order valence-corrected chi connectivity index (χ2v) is 5.05. The molecule has 2 N–H and O–H groups in total. The second kappa shape index (κ2) is 4.77. The van der Waals surface area contributed by atoms with E-state index in [-0.39, 0.29) is 0 Å². The van der Waals surface area contributed by atoms with Gasteiger partial charge >= 0.3 is 0 Å². The Labute approximate surface area is 113 Å². The third-order valence-corrected chi connectivity index (χ3v) is 3.54. The highest BCUT2D eigenvalue weighted by atomic mass is 32.1. The van der Waals surface area contributed by atoms with E-state index < -0.39 is 0 Å². The van der Waals surface area contributed by atoms with Crippen LogP contribution in [0, 0.1) is 6.92 Å². The lowest BCUT2D eigenvalue weighted by atomic mass is 10.2. The van der Waals surface area contributed by atoms with Crippen molar-refractivity contribution in [1.82, 2.24) is 20.1 Å². The molecule has 96 valence electrons. The van der Waals surface area contributed by atoms with Gasteiger partial charge in [0, 0.05) is 18.8 Å². The number of hydrogen-bond donors (Lipinski definition) is 1. The van der Waals surface area contributed by atoms with Crippen LogP contribution in [-0.4, -0.2) is 20.1 Å². The maximum atomic E-state index is 5.66. The van der Waals surface area contributed by atoms with Crippen LogP contribution in [0.4, 0.5) is 5.13 Å². The van der Waals surface area contributed by atoms with E-state index in [1.807, 2.05) is 19.1 Å². The van der Waals surface area contributed by atoms with E-state index in [0.29, 0.717) is 23.3 Å². The number of nitrogen functional groups attached to an aromatic ring is 1. The number of anilines is 1. The first-order valence-electron chi connectivity index (χ1n) is 5.67. The average Bonchev–Trinajstić information content (AvgIpc) is 2.97. The summed E-state index contributed by atoms with van der Waals surface area (Å²) in [6.45, 7) is 1.87. The summed E-state index contributed by atoms with van der Waals surface area (Å²) in [5.74, 6) is 1.08. The second-order valence-electron chi connectivity index (χ2n) is 4.02. The highest BCUT2D eigenvalue weighted by Gasteiger charge is 2.15. The van der Waals surface area contributed by atoms with Crippen molar-refractivity contribution in [3.8, 4) is 10.8 Å². The minimum absolute atomic E-state index is 0.464. The molecule has 0 spiro atoms. The largest absolute Gasteiger partial charge is 0.375 e. The number of aromatic nitrogens is 4. The maximum Gasteiger partial charge on any atom is 0.270 e. The minimum Gasteiger partial charge on any atom is -0.375 e. The minimum atomic E-state index is 0.464. The van der Waals surface area contributed by atoms with Crippen LogP contribution in [0.2, 0.25) is 0 Å². The fourth-order valence-corrected chi connectivity index (χ4v) is 2.47. The van der Waals surface area contributed by atoms with Gasteiger partial charge in [-0.3, -0.25) is 4.98 Å². The standard InChI is InChI=1S/C12H11N5OS/c1-7-10(19-12(13)15-7)11-16-9(17-18-11)5-8-3-2-4-14-6-8/h2-4,6H,5H2,1H3,(H2,13,15). The molecule has 3 aromatic rings. The first kappa shape index (κ1) is 11.8. The Morgan fingerprint density at radius 2 is 2.26 bits per heavy atom. The van der Waals surface area contributed by atoms with Gasteiger partial charge in [0.2, 0.25) is 0 Å². The van der Waals surface area contributed by atoms with Gasteiger partial charge in [-0.25, -0.2) is 4.98 Å². The van der Waals surface area contributed by atoms with Gasteiger partial charge < -0.3 is 10.3 Å². The maximum absolute atomic E-state index is 5.66. The van der Waals surface area contributed by atoms with Crippen molar-refractivity contribution in [2.24, 2.45) is 0 Å². The molecule has 0 aliphatic heterocycles. The molecule has 0 aromatic carbocycles. The summed E-state index contributed by atoms with van der Waals surface area (Å²) in [7, 11) is 0. The highest BCUT2D eigenvalue weighted by molar-refractivity contribution is 7.18. The van der Waals surface area contributed by atoms with Crippen molar-refractivity contribution in [2.75, 3.05) is 5.73 Å². The number of rotatable bonds is 3. The molecule has 7 heteroatoms. The van der Waals surface area contributed by atoms with Crippen LogP contribution in [0.3, 0.4) is 0 Å². The highest BCUT2D eigenvalue weighted by Crippen LogP contribution is 2.29. The Balaban J connectivity index is 1.86. The Bertz CT molecular complexity index is 691. The number of thiazole rings is 1. The van der Waals surface area contributed by atoms with Crippen molar-refractivity contribution in [1.29, 1.82) is 0 Å². The fourth-order valence-electron chi connectivity index (χ4n) is 1.72. The van der Waals surface area contributed by atoms with E-state index >= 15 is 0 Å². The van der Waals surface area contributed by atoms with Crippen molar-refractivity contribution in [3.05, 3.63) is 41.6 Å². The number of nitrogens with zero attached hydrogens (tertiary/aromatic N) is 4. The lowest BCUT2D eigenvalue weighted by Crippen LogP contribution is -1.91. The van der Waals surface area contributed by atoms with E-state index in [0.717, 1.165) is 16.1 Å². The molecule has 0 fully saturated rings. The molecule has 3 aromatic heterocycles. The lowest BCUT2D eigenvalue weighted by molar-refractivity contribution is 0.424. The van der Waals surface area contributed by atoms with Crippen LogP contribution < -0.4 is 5.73 Å². The molecule has 19 heavy (non-hydrogen) atoms. The quantitative estimate of drug-likeness (QED) is 0.785. The van der Waals surface area contributed by atoms with Crippen molar-refractivity contribution in [2.45, 2.75) is 13.3 Å². The summed E-state index contributed by atoms with van der Waals surface area (Å²) in [6, 6.07) is 3.85. The molecule has 0 amide bonds. The van der Waals surface area contributed by atoms with E-state index in [1.165, 1.54) is 11.3 Å². The van der Waals surface area contributed by atoms with Crippen molar-refractivity contribution in [3.63, 3.8) is 0 Å².